The van der Waals surface area contributed by atoms with Crippen molar-refractivity contribution in [3.8, 4) is 0 Å². The van der Waals surface area contributed by atoms with Crippen LogP contribution in [-0.2, 0) is 20.9 Å². The molecule has 2 aromatic carbocycles. The quantitative estimate of drug-likeness (QED) is 0.853. The minimum absolute atomic E-state index is 0.288. The number of esters is 2. The van der Waals surface area contributed by atoms with Gasteiger partial charge in [-0.25, -0.2) is 9.59 Å². The second-order valence-electron chi connectivity index (χ2n) is 4.86. The number of hydrogen-bond donors (Lipinski definition) is 1. The number of aliphatic hydroxyl groups is 1. The third kappa shape index (κ3) is 7.56. The maximum Gasteiger partial charge on any atom is 0.338 e. The van der Waals surface area contributed by atoms with Gasteiger partial charge in [-0.1, -0.05) is 48.5 Å². The molecule has 1 atom stereocenters. The topological polar surface area (TPSA) is 72.8 Å². The molecule has 0 spiro atoms. The summed E-state index contributed by atoms with van der Waals surface area (Å²) in [7, 11) is 0. The first kappa shape index (κ1) is 19.4. The first-order valence-electron chi connectivity index (χ1n) is 7.65. The lowest BCUT2D eigenvalue weighted by molar-refractivity contribution is -0.151. The largest absolute Gasteiger partial charge is 0.464 e. The van der Waals surface area contributed by atoms with Crippen LogP contribution in [-0.4, -0.2) is 29.8 Å². The van der Waals surface area contributed by atoms with E-state index >= 15 is 0 Å². The zero-order valence-electron chi connectivity index (χ0n) is 13.8. The van der Waals surface area contributed by atoms with Gasteiger partial charge in [0, 0.05) is 0 Å². The first-order valence-corrected chi connectivity index (χ1v) is 7.65. The van der Waals surface area contributed by atoms with Crippen LogP contribution in [0, 0.1) is 0 Å². The SMILES string of the molecule is CCOC(=O)C(C)O.O=C(OCc1ccccc1)c1ccccc1. The molecule has 0 heterocycles. The number of rotatable bonds is 5. The highest BCUT2D eigenvalue weighted by atomic mass is 16.5. The third-order valence-electron chi connectivity index (χ3n) is 2.85. The van der Waals surface area contributed by atoms with Crippen molar-refractivity contribution in [2.75, 3.05) is 6.61 Å². The standard InChI is InChI=1S/C14H12O2.C5H10O3/c15-14(13-9-5-2-6-10-13)16-11-12-7-3-1-4-8-12;1-3-8-5(7)4(2)6/h1-10H,11H2;4,6H,3H2,1-2H3. The van der Waals surface area contributed by atoms with Crippen LogP contribution in [0.25, 0.3) is 0 Å². The van der Waals surface area contributed by atoms with Crippen molar-refractivity contribution in [1.82, 2.24) is 0 Å². The molecule has 0 amide bonds. The molecule has 0 aliphatic heterocycles. The van der Waals surface area contributed by atoms with E-state index < -0.39 is 12.1 Å². The number of aliphatic hydroxyl groups excluding tert-OH is 1. The van der Waals surface area contributed by atoms with Crippen molar-refractivity contribution >= 4 is 11.9 Å². The van der Waals surface area contributed by atoms with Gasteiger partial charge in [0.25, 0.3) is 0 Å². The van der Waals surface area contributed by atoms with Gasteiger partial charge < -0.3 is 14.6 Å². The summed E-state index contributed by atoms with van der Waals surface area (Å²) in [6.45, 7) is 3.70. The molecule has 0 radical (unpaired) electrons. The average molecular weight is 330 g/mol. The maximum absolute atomic E-state index is 11.6. The molecule has 5 heteroatoms. The van der Waals surface area contributed by atoms with E-state index in [0.717, 1.165) is 5.56 Å². The molecule has 24 heavy (non-hydrogen) atoms. The van der Waals surface area contributed by atoms with E-state index in [2.05, 4.69) is 4.74 Å². The summed E-state index contributed by atoms with van der Waals surface area (Å²) in [5.74, 6) is -0.850. The van der Waals surface area contributed by atoms with Crippen LogP contribution < -0.4 is 0 Å². The molecule has 128 valence electrons. The second kappa shape index (κ2) is 11.0. The Morgan fingerprint density at radius 1 is 0.958 bits per heavy atom. The van der Waals surface area contributed by atoms with Gasteiger partial charge in [-0.3, -0.25) is 0 Å². The third-order valence-corrected chi connectivity index (χ3v) is 2.85. The highest BCUT2D eigenvalue weighted by Gasteiger charge is 2.07. The Morgan fingerprint density at radius 3 is 1.96 bits per heavy atom. The van der Waals surface area contributed by atoms with Crippen LogP contribution in [0.2, 0.25) is 0 Å². The average Bonchev–Trinajstić information content (AvgIpc) is 2.62. The highest BCUT2D eigenvalue weighted by Crippen LogP contribution is 2.05. The van der Waals surface area contributed by atoms with E-state index in [-0.39, 0.29) is 5.97 Å². The van der Waals surface area contributed by atoms with Crippen LogP contribution >= 0.6 is 0 Å². The summed E-state index contributed by atoms with van der Waals surface area (Å²) in [5.41, 5.74) is 1.57. The summed E-state index contributed by atoms with van der Waals surface area (Å²) < 4.78 is 9.59. The first-order chi connectivity index (χ1) is 11.5. The molecular weight excluding hydrogens is 308 g/mol. The highest BCUT2D eigenvalue weighted by molar-refractivity contribution is 5.89. The van der Waals surface area contributed by atoms with Crippen molar-refractivity contribution in [3.63, 3.8) is 0 Å². The van der Waals surface area contributed by atoms with Gasteiger partial charge in [-0.05, 0) is 31.5 Å². The molecule has 2 aromatic rings. The van der Waals surface area contributed by atoms with Gasteiger partial charge in [-0.15, -0.1) is 0 Å². The van der Waals surface area contributed by atoms with Crippen molar-refractivity contribution < 1.29 is 24.2 Å². The Hall–Kier alpha value is -2.66. The predicted molar refractivity (Wildman–Crippen MR) is 90.3 cm³/mol. The number of ether oxygens (including phenoxy) is 2. The number of carbonyl (C=O) groups is 2. The zero-order valence-corrected chi connectivity index (χ0v) is 13.8. The molecule has 0 aromatic heterocycles. The molecular formula is C19H22O5. The van der Waals surface area contributed by atoms with Crippen molar-refractivity contribution in [3.05, 3.63) is 71.8 Å². The molecule has 0 aliphatic carbocycles. The molecule has 0 aliphatic rings. The van der Waals surface area contributed by atoms with Crippen molar-refractivity contribution in [1.29, 1.82) is 0 Å². The van der Waals surface area contributed by atoms with Gasteiger partial charge in [0.05, 0.1) is 12.2 Å². The van der Waals surface area contributed by atoms with Crippen LogP contribution in [0.1, 0.15) is 29.8 Å². The Labute approximate surface area is 141 Å². The molecule has 0 bridgehead atoms. The van der Waals surface area contributed by atoms with E-state index in [0.29, 0.717) is 18.8 Å². The number of benzene rings is 2. The second-order valence-corrected chi connectivity index (χ2v) is 4.86. The van der Waals surface area contributed by atoms with E-state index in [1.807, 2.05) is 48.5 Å². The zero-order chi connectivity index (χ0) is 17.8. The van der Waals surface area contributed by atoms with E-state index in [9.17, 15) is 9.59 Å². The fourth-order valence-corrected chi connectivity index (χ4v) is 1.64. The van der Waals surface area contributed by atoms with Gasteiger partial charge in [0.15, 0.2) is 0 Å². The number of hydrogen-bond acceptors (Lipinski definition) is 5. The number of carbonyl (C=O) groups excluding carboxylic acids is 2. The van der Waals surface area contributed by atoms with Gasteiger partial charge in [0.2, 0.25) is 0 Å². The fraction of sp³-hybridized carbons (Fsp3) is 0.263. The van der Waals surface area contributed by atoms with Crippen LogP contribution in [0.4, 0.5) is 0 Å². The molecule has 0 saturated carbocycles. The van der Waals surface area contributed by atoms with E-state index in [4.69, 9.17) is 9.84 Å². The summed E-state index contributed by atoms with van der Waals surface area (Å²) in [5, 5.41) is 8.48. The summed E-state index contributed by atoms with van der Waals surface area (Å²) in [6, 6.07) is 18.6. The lowest BCUT2D eigenvalue weighted by atomic mass is 10.2. The summed E-state index contributed by atoms with van der Waals surface area (Å²) >= 11 is 0. The normalized spacial score (nSPS) is 10.8. The Kier molecular flexibility index (Phi) is 8.86. The van der Waals surface area contributed by atoms with E-state index in [1.54, 1.807) is 19.1 Å². The lowest BCUT2D eigenvalue weighted by Gasteiger charge is -2.04. The molecule has 5 nitrogen and oxygen atoms in total. The van der Waals surface area contributed by atoms with Crippen molar-refractivity contribution in [2.24, 2.45) is 0 Å². The Balaban J connectivity index is 0.000000307. The monoisotopic (exact) mass is 330 g/mol. The lowest BCUT2D eigenvalue weighted by Crippen LogP contribution is -2.18. The minimum atomic E-state index is -0.991. The maximum atomic E-state index is 11.6. The van der Waals surface area contributed by atoms with Crippen LogP contribution in [0.15, 0.2) is 60.7 Å². The molecule has 2 rings (SSSR count). The van der Waals surface area contributed by atoms with Crippen LogP contribution in [0.3, 0.4) is 0 Å². The van der Waals surface area contributed by atoms with E-state index in [1.165, 1.54) is 6.92 Å². The fourth-order valence-electron chi connectivity index (χ4n) is 1.64. The van der Waals surface area contributed by atoms with Gasteiger partial charge >= 0.3 is 11.9 Å². The molecule has 1 unspecified atom stereocenters. The summed E-state index contributed by atoms with van der Waals surface area (Å²) in [4.78, 5) is 21.9. The predicted octanol–water partition coefficient (Wildman–Crippen LogP) is 2.97. The van der Waals surface area contributed by atoms with Crippen LogP contribution in [0.5, 0.6) is 0 Å². The summed E-state index contributed by atoms with van der Waals surface area (Å²) in [6.07, 6.45) is -0.991. The molecule has 0 saturated heterocycles. The van der Waals surface area contributed by atoms with Crippen molar-refractivity contribution in [2.45, 2.75) is 26.6 Å². The van der Waals surface area contributed by atoms with Gasteiger partial charge in [0.1, 0.15) is 12.7 Å². The molecule has 0 fully saturated rings. The molecule has 1 N–H and O–H groups in total. The Morgan fingerprint density at radius 2 is 1.50 bits per heavy atom. The minimum Gasteiger partial charge on any atom is -0.464 e. The smallest absolute Gasteiger partial charge is 0.338 e. The Bertz CT molecular complexity index is 608. The van der Waals surface area contributed by atoms with Gasteiger partial charge in [-0.2, -0.15) is 0 Å².